The monoisotopic (exact) mass is 259 g/mol. The highest BCUT2D eigenvalue weighted by atomic mass is 32.2. The van der Waals surface area contributed by atoms with Gasteiger partial charge in [0.1, 0.15) is 0 Å². The van der Waals surface area contributed by atoms with Crippen LogP contribution in [0.3, 0.4) is 0 Å². The molecule has 17 heavy (non-hydrogen) atoms. The predicted octanol–water partition coefficient (Wildman–Crippen LogP) is 1.48. The van der Waals surface area contributed by atoms with Crippen molar-refractivity contribution in [3.8, 4) is 0 Å². The molecular formula is C13H29N3S. The van der Waals surface area contributed by atoms with Gasteiger partial charge in [0.05, 0.1) is 0 Å². The van der Waals surface area contributed by atoms with E-state index in [9.17, 15) is 0 Å². The molecule has 0 aromatic rings. The Balaban J connectivity index is 2.29. The lowest BCUT2D eigenvalue weighted by atomic mass is 10.0. The Hall–Kier alpha value is 0.230. The Kier molecular flexibility index (Phi) is 7.51. The first kappa shape index (κ1) is 15.3. The highest BCUT2D eigenvalue weighted by Gasteiger charge is 2.24. The molecule has 102 valence electrons. The van der Waals surface area contributed by atoms with Crippen LogP contribution in [-0.4, -0.2) is 67.1 Å². The van der Waals surface area contributed by atoms with Gasteiger partial charge >= 0.3 is 0 Å². The van der Waals surface area contributed by atoms with Crippen LogP contribution in [0.25, 0.3) is 0 Å². The van der Waals surface area contributed by atoms with Crippen molar-refractivity contribution < 1.29 is 0 Å². The zero-order valence-corrected chi connectivity index (χ0v) is 12.5. The molecule has 0 bridgehead atoms. The van der Waals surface area contributed by atoms with Crippen molar-refractivity contribution in [2.75, 3.05) is 45.2 Å². The number of likely N-dealkylation sites (tertiary alicyclic amines) is 1. The highest BCUT2D eigenvalue weighted by Crippen LogP contribution is 2.18. The second-order valence-corrected chi connectivity index (χ2v) is 6.50. The normalized spacial score (nSPS) is 21.0. The van der Waals surface area contributed by atoms with Crippen LogP contribution in [0.5, 0.6) is 0 Å². The Morgan fingerprint density at radius 1 is 1.35 bits per heavy atom. The summed E-state index contributed by atoms with van der Waals surface area (Å²) in [5, 5.41) is 0. The van der Waals surface area contributed by atoms with Gasteiger partial charge in [0.2, 0.25) is 0 Å². The lowest BCUT2D eigenvalue weighted by molar-refractivity contribution is 0.109. The molecule has 4 heteroatoms. The van der Waals surface area contributed by atoms with E-state index in [4.69, 9.17) is 5.73 Å². The number of hydrogen-bond donors (Lipinski definition) is 1. The van der Waals surface area contributed by atoms with E-state index >= 15 is 0 Å². The summed E-state index contributed by atoms with van der Waals surface area (Å²) in [4.78, 5) is 4.97. The Morgan fingerprint density at radius 2 is 2.00 bits per heavy atom. The first-order valence-corrected chi connectivity index (χ1v) is 8.02. The molecule has 0 aromatic heterocycles. The molecule has 3 nitrogen and oxygen atoms in total. The number of nitrogens with zero attached hydrogens (tertiary/aromatic N) is 2. The van der Waals surface area contributed by atoms with Gasteiger partial charge in [-0.2, -0.15) is 11.8 Å². The molecule has 1 aliphatic rings. The van der Waals surface area contributed by atoms with Crippen LogP contribution in [-0.2, 0) is 0 Å². The second-order valence-electron chi connectivity index (χ2n) is 5.11. The highest BCUT2D eigenvalue weighted by molar-refractivity contribution is 7.99. The molecule has 0 amide bonds. The quantitative estimate of drug-likeness (QED) is 0.702. The van der Waals surface area contributed by atoms with Crippen molar-refractivity contribution in [3.05, 3.63) is 0 Å². The van der Waals surface area contributed by atoms with Gasteiger partial charge in [0.15, 0.2) is 0 Å². The standard InChI is InChI=1S/C13H29N3S/c1-4-17-10-7-13(11-14)16-8-5-12(6-9-16)15(2)3/h12-13H,4-11,14H2,1-3H3. The van der Waals surface area contributed by atoms with Gasteiger partial charge in [-0.05, 0) is 58.0 Å². The Bertz CT molecular complexity index is 191. The van der Waals surface area contributed by atoms with Crippen molar-refractivity contribution in [3.63, 3.8) is 0 Å². The minimum atomic E-state index is 0.608. The van der Waals surface area contributed by atoms with Gasteiger partial charge in [-0.3, -0.25) is 4.90 Å². The van der Waals surface area contributed by atoms with E-state index in [0.717, 1.165) is 12.6 Å². The summed E-state index contributed by atoms with van der Waals surface area (Å²) in [7, 11) is 4.39. The van der Waals surface area contributed by atoms with Crippen LogP contribution in [0.4, 0.5) is 0 Å². The predicted molar refractivity (Wildman–Crippen MR) is 78.7 cm³/mol. The average molecular weight is 259 g/mol. The van der Waals surface area contributed by atoms with E-state index < -0.39 is 0 Å². The summed E-state index contributed by atoms with van der Waals surface area (Å²) in [6.07, 6.45) is 3.84. The summed E-state index contributed by atoms with van der Waals surface area (Å²) in [5.41, 5.74) is 5.92. The van der Waals surface area contributed by atoms with E-state index in [1.54, 1.807) is 0 Å². The minimum absolute atomic E-state index is 0.608. The van der Waals surface area contributed by atoms with E-state index in [1.807, 2.05) is 11.8 Å². The molecule has 0 aromatic carbocycles. The molecule has 0 saturated carbocycles. The fourth-order valence-corrected chi connectivity index (χ4v) is 3.31. The molecule has 1 fully saturated rings. The van der Waals surface area contributed by atoms with Crippen molar-refractivity contribution in [1.82, 2.24) is 9.80 Å². The van der Waals surface area contributed by atoms with Gasteiger partial charge in [-0.15, -0.1) is 0 Å². The minimum Gasteiger partial charge on any atom is -0.329 e. The number of nitrogens with two attached hydrogens (primary N) is 1. The average Bonchev–Trinajstić information content (AvgIpc) is 2.35. The maximum atomic E-state index is 5.92. The Labute approximate surface area is 111 Å². The molecule has 2 N–H and O–H groups in total. The van der Waals surface area contributed by atoms with Gasteiger partial charge in [0, 0.05) is 18.6 Å². The van der Waals surface area contributed by atoms with Crippen LogP contribution in [0.15, 0.2) is 0 Å². The fraction of sp³-hybridized carbons (Fsp3) is 1.00. The second kappa shape index (κ2) is 8.35. The number of piperidine rings is 1. The summed E-state index contributed by atoms with van der Waals surface area (Å²) < 4.78 is 0. The number of rotatable bonds is 7. The van der Waals surface area contributed by atoms with E-state index in [-0.39, 0.29) is 0 Å². The van der Waals surface area contributed by atoms with Crippen LogP contribution >= 0.6 is 11.8 Å². The van der Waals surface area contributed by atoms with E-state index in [0.29, 0.717) is 6.04 Å². The van der Waals surface area contributed by atoms with E-state index in [2.05, 4.69) is 30.8 Å². The molecule has 1 rings (SSSR count). The largest absolute Gasteiger partial charge is 0.329 e. The van der Waals surface area contributed by atoms with Gasteiger partial charge in [-0.25, -0.2) is 0 Å². The molecule has 1 unspecified atom stereocenters. The molecule has 0 radical (unpaired) electrons. The molecule has 0 spiro atoms. The molecule has 1 aliphatic heterocycles. The zero-order valence-electron chi connectivity index (χ0n) is 11.7. The number of hydrogen-bond acceptors (Lipinski definition) is 4. The van der Waals surface area contributed by atoms with Crippen LogP contribution in [0.2, 0.25) is 0 Å². The lowest BCUT2D eigenvalue weighted by Crippen LogP contribution is -2.48. The van der Waals surface area contributed by atoms with Crippen molar-refractivity contribution >= 4 is 11.8 Å². The molecule has 1 heterocycles. The van der Waals surface area contributed by atoms with Crippen molar-refractivity contribution in [2.45, 2.75) is 38.3 Å². The third-order valence-electron chi connectivity index (χ3n) is 3.82. The van der Waals surface area contributed by atoms with Crippen molar-refractivity contribution in [1.29, 1.82) is 0 Å². The SMILES string of the molecule is CCSCCC(CN)N1CCC(N(C)C)CC1. The first-order valence-electron chi connectivity index (χ1n) is 6.87. The Morgan fingerprint density at radius 3 is 2.47 bits per heavy atom. The van der Waals surface area contributed by atoms with Crippen LogP contribution in [0, 0.1) is 0 Å². The zero-order chi connectivity index (χ0) is 12.7. The molecule has 1 saturated heterocycles. The topological polar surface area (TPSA) is 32.5 Å². The summed E-state index contributed by atoms with van der Waals surface area (Å²) >= 11 is 2.03. The molecule has 0 aliphatic carbocycles. The molecular weight excluding hydrogens is 230 g/mol. The smallest absolute Gasteiger partial charge is 0.0226 e. The van der Waals surface area contributed by atoms with Gasteiger partial charge in [0.25, 0.3) is 0 Å². The summed E-state index contributed by atoms with van der Waals surface area (Å²) in [5.74, 6) is 2.48. The van der Waals surface area contributed by atoms with Crippen molar-refractivity contribution in [2.24, 2.45) is 5.73 Å². The maximum Gasteiger partial charge on any atom is 0.0226 e. The van der Waals surface area contributed by atoms with Gasteiger partial charge in [-0.1, -0.05) is 6.92 Å². The maximum absolute atomic E-state index is 5.92. The van der Waals surface area contributed by atoms with Gasteiger partial charge < -0.3 is 10.6 Å². The lowest BCUT2D eigenvalue weighted by Gasteiger charge is -2.39. The number of thioether (sulfide) groups is 1. The summed E-state index contributed by atoms with van der Waals surface area (Å²) in [6, 6.07) is 1.38. The third-order valence-corrected chi connectivity index (χ3v) is 4.75. The summed E-state index contributed by atoms with van der Waals surface area (Å²) in [6.45, 7) is 5.49. The van der Waals surface area contributed by atoms with Crippen LogP contribution < -0.4 is 5.73 Å². The fourth-order valence-electron chi connectivity index (χ4n) is 2.58. The molecule has 1 atom stereocenters. The van der Waals surface area contributed by atoms with Crippen LogP contribution in [0.1, 0.15) is 26.2 Å². The van der Waals surface area contributed by atoms with E-state index in [1.165, 1.54) is 43.9 Å². The first-order chi connectivity index (χ1) is 8.19. The third kappa shape index (κ3) is 5.16.